The summed E-state index contributed by atoms with van der Waals surface area (Å²) >= 11 is 0. The Kier molecular flexibility index (Phi) is 8.38. The Hall–Kier alpha value is -0.453. The van der Waals surface area contributed by atoms with Crippen LogP contribution in [0, 0.1) is 0 Å². The molecular weight excluding hydrogens is 232 g/mol. The van der Waals surface area contributed by atoms with Crippen LogP contribution in [-0.2, 0) is 13.6 Å². The third kappa shape index (κ3) is 6.76. The molecule has 0 spiro atoms. The highest BCUT2D eigenvalue weighted by Gasteiger charge is 2.33. The molecule has 100 valence electrons. The molecule has 0 amide bonds. The molecule has 0 rings (SSSR count). The van der Waals surface area contributed by atoms with Gasteiger partial charge >= 0.3 is 8.56 Å². The highest BCUT2D eigenvalue weighted by Crippen LogP contribution is 2.20. The second-order valence-corrected chi connectivity index (χ2v) is 7.68. The normalized spacial score (nSPS) is 16.2. The van der Waals surface area contributed by atoms with Gasteiger partial charge < -0.3 is 8.85 Å². The van der Waals surface area contributed by atoms with Crippen LogP contribution in [0.15, 0.2) is 12.7 Å². The van der Waals surface area contributed by atoms with Gasteiger partial charge in [0.25, 0.3) is 0 Å². The Balaban J connectivity index is 4.37. The molecule has 2 atom stereocenters. The van der Waals surface area contributed by atoms with E-state index in [9.17, 15) is 4.79 Å². The molecule has 0 saturated heterocycles. The molecule has 17 heavy (non-hydrogen) atoms. The van der Waals surface area contributed by atoms with Crippen LogP contribution >= 0.6 is 0 Å². The summed E-state index contributed by atoms with van der Waals surface area (Å²) in [4.78, 5) is 11.4. The number of unbranched alkanes of at least 4 members (excludes halogenated alkanes) is 2. The van der Waals surface area contributed by atoms with Crippen LogP contribution in [0.25, 0.3) is 0 Å². The average Bonchev–Trinajstić information content (AvgIpc) is 2.28. The Morgan fingerprint density at radius 1 is 1.41 bits per heavy atom. The van der Waals surface area contributed by atoms with Gasteiger partial charge in [-0.25, -0.2) is 0 Å². The van der Waals surface area contributed by atoms with Crippen molar-refractivity contribution in [3.8, 4) is 0 Å². The highest BCUT2D eigenvalue weighted by molar-refractivity contribution is 6.66. The third-order valence-corrected chi connectivity index (χ3v) is 5.73. The summed E-state index contributed by atoms with van der Waals surface area (Å²) in [5, 5.41) is 0. The zero-order valence-corrected chi connectivity index (χ0v) is 12.6. The van der Waals surface area contributed by atoms with Gasteiger partial charge in [0.15, 0.2) is 5.78 Å². The standard InChI is InChI=1S/C13H26O3Si/c1-6-9-10-11-17(5,15-8-3)16-12(4)13(14)7-2/h7,12H,2,6,8-11H2,1,3-5H3. The molecule has 3 nitrogen and oxygen atoms in total. The second-order valence-electron chi connectivity index (χ2n) is 4.39. The first-order chi connectivity index (χ1) is 7.99. The molecular formula is C13H26O3Si. The van der Waals surface area contributed by atoms with Crippen LogP contribution in [0.5, 0.6) is 0 Å². The number of carbonyl (C=O) groups is 1. The molecule has 2 unspecified atom stereocenters. The van der Waals surface area contributed by atoms with Crippen molar-refractivity contribution in [3.05, 3.63) is 12.7 Å². The first kappa shape index (κ1) is 16.5. The van der Waals surface area contributed by atoms with Gasteiger partial charge in [-0.2, -0.15) is 0 Å². The molecule has 0 radical (unpaired) electrons. The molecule has 0 saturated carbocycles. The van der Waals surface area contributed by atoms with E-state index in [1.54, 1.807) is 6.92 Å². The minimum absolute atomic E-state index is 0.0704. The van der Waals surface area contributed by atoms with Crippen molar-refractivity contribution in [2.75, 3.05) is 6.61 Å². The average molecular weight is 258 g/mol. The van der Waals surface area contributed by atoms with E-state index < -0.39 is 14.7 Å². The van der Waals surface area contributed by atoms with Gasteiger partial charge in [-0.15, -0.1) is 0 Å². The van der Waals surface area contributed by atoms with Crippen molar-refractivity contribution in [1.82, 2.24) is 0 Å². The summed E-state index contributed by atoms with van der Waals surface area (Å²) in [6.45, 7) is 12.1. The summed E-state index contributed by atoms with van der Waals surface area (Å²) in [6.07, 6.45) is 4.35. The fourth-order valence-electron chi connectivity index (χ4n) is 1.76. The van der Waals surface area contributed by atoms with Gasteiger partial charge in [0.2, 0.25) is 0 Å². The maximum Gasteiger partial charge on any atom is 0.335 e. The minimum atomic E-state index is -2.20. The lowest BCUT2D eigenvalue weighted by Gasteiger charge is -2.29. The molecule has 0 aliphatic heterocycles. The summed E-state index contributed by atoms with van der Waals surface area (Å²) in [5.41, 5.74) is 0. The molecule has 0 fully saturated rings. The predicted octanol–water partition coefficient (Wildman–Crippen LogP) is 3.45. The first-order valence-electron chi connectivity index (χ1n) is 6.47. The fraction of sp³-hybridized carbons (Fsp3) is 0.769. The zero-order chi connectivity index (χ0) is 13.3. The topological polar surface area (TPSA) is 35.5 Å². The second kappa shape index (κ2) is 8.61. The van der Waals surface area contributed by atoms with Gasteiger partial charge in [-0.05, 0) is 32.5 Å². The largest absolute Gasteiger partial charge is 0.395 e. The van der Waals surface area contributed by atoms with Crippen molar-refractivity contribution < 1.29 is 13.6 Å². The maximum absolute atomic E-state index is 11.4. The van der Waals surface area contributed by atoms with Gasteiger partial charge in [0.05, 0.1) is 0 Å². The summed E-state index contributed by atoms with van der Waals surface area (Å²) in [6, 6.07) is 0.948. The Bertz CT molecular complexity index is 243. The van der Waals surface area contributed by atoms with E-state index in [2.05, 4.69) is 13.5 Å². The highest BCUT2D eigenvalue weighted by atomic mass is 28.4. The fourth-order valence-corrected chi connectivity index (χ4v) is 4.46. The van der Waals surface area contributed by atoms with Crippen LogP contribution < -0.4 is 0 Å². The van der Waals surface area contributed by atoms with E-state index in [4.69, 9.17) is 8.85 Å². The SMILES string of the molecule is C=CC(=O)C(C)O[Si](C)(CCCCC)OCC. The number of ketones is 1. The van der Waals surface area contributed by atoms with Gasteiger partial charge in [0.1, 0.15) is 6.10 Å². The minimum Gasteiger partial charge on any atom is -0.395 e. The summed E-state index contributed by atoms with van der Waals surface area (Å²) < 4.78 is 11.6. The Morgan fingerprint density at radius 3 is 2.53 bits per heavy atom. The van der Waals surface area contributed by atoms with Crippen molar-refractivity contribution in [3.63, 3.8) is 0 Å². The number of hydrogen-bond donors (Lipinski definition) is 0. The van der Waals surface area contributed by atoms with Crippen LogP contribution in [0.2, 0.25) is 12.6 Å². The van der Waals surface area contributed by atoms with E-state index in [1.807, 2.05) is 13.5 Å². The van der Waals surface area contributed by atoms with Crippen molar-refractivity contribution in [2.24, 2.45) is 0 Å². The molecule has 0 N–H and O–H groups in total. The predicted molar refractivity (Wildman–Crippen MR) is 73.3 cm³/mol. The van der Waals surface area contributed by atoms with Crippen molar-refractivity contribution in [1.29, 1.82) is 0 Å². The lowest BCUT2D eigenvalue weighted by Crippen LogP contribution is -2.43. The molecule has 0 heterocycles. The van der Waals surface area contributed by atoms with Crippen LogP contribution in [0.3, 0.4) is 0 Å². The summed E-state index contributed by atoms with van der Waals surface area (Å²) in [7, 11) is -2.20. The van der Waals surface area contributed by atoms with Crippen molar-refractivity contribution >= 4 is 14.3 Å². The molecule has 4 heteroatoms. The summed E-state index contributed by atoms with van der Waals surface area (Å²) in [5.74, 6) is -0.0704. The van der Waals surface area contributed by atoms with Crippen LogP contribution in [0.4, 0.5) is 0 Å². The molecule has 0 aliphatic carbocycles. The number of carbonyl (C=O) groups excluding carboxylic acids is 1. The maximum atomic E-state index is 11.4. The van der Waals surface area contributed by atoms with Gasteiger partial charge in [-0.1, -0.05) is 32.8 Å². The quantitative estimate of drug-likeness (QED) is 0.342. The van der Waals surface area contributed by atoms with E-state index >= 15 is 0 Å². The Morgan fingerprint density at radius 2 is 2.06 bits per heavy atom. The number of hydrogen-bond acceptors (Lipinski definition) is 3. The Labute approximate surface area is 106 Å². The van der Waals surface area contributed by atoms with Gasteiger partial charge in [-0.3, -0.25) is 4.79 Å². The molecule has 0 aromatic heterocycles. The van der Waals surface area contributed by atoms with Crippen LogP contribution in [-0.4, -0.2) is 27.1 Å². The third-order valence-electron chi connectivity index (χ3n) is 2.71. The van der Waals surface area contributed by atoms with Gasteiger partial charge in [0, 0.05) is 6.61 Å². The molecule has 0 aliphatic rings. The van der Waals surface area contributed by atoms with E-state index in [1.165, 1.54) is 18.9 Å². The van der Waals surface area contributed by atoms with E-state index in [0.29, 0.717) is 6.61 Å². The number of rotatable bonds is 10. The van der Waals surface area contributed by atoms with Crippen LogP contribution in [0.1, 0.15) is 40.0 Å². The monoisotopic (exact) mass is 258 g/mol. The van der Waals surface area contributed by atoms with E-state index in [-0.39, 0.29) is 5.78 Å². The van der Waals surface area contributed by atoms with Crippen molar-refractivity contribution in [2.45, 2.75) is 58.7 Å². The molecule has 0 aromatic rings. The molecule has 0 aromatic carbocycles. The smallest absolute Gasteiger partial charge is 0.335 e. The lowest BCUT2D eigenvalue weighted by molar-refractivity contribution is -0.121. The lowest BCUT2D eigenvalue weighted by atomic mass is 10.3. The zero-order valence-electron chi connectivity index (χ0n) is 11.6. The first-order valence-corrected chi connectivity index (χ1v) is 8.99. The van der Waals surface area contributed by atoms with E-state index in [0.717, 1.165) is 12.5 Å². The molecule has 0 bridgehead atoms.